The van der Waals surface area contributed by atoms with Crippen molar-refractivity contribution in [2.45, 2.75) is 38.3 Å². The lowest BCUT2D eigenvalue weighted by Gasteiger charge is -2.20. The van der Waals surface area contributed by atoms with Crippen LogP contribution in [0.2, 0.25) is 5.02 Å². The number of halogens is 1. The molecule has 1 aromatic heterocycles. The van der Waals surface area contributed by atoms with Crippen LogP contribution >= 0.6 is 11.6 Å². The minimum Gasteiger partial charge on any atom is -0.326 e. The summed E-state index contributed by atoms with van der Waals surface area (Å²) in [5.74, 6) is 0. The summed E-state index contributed by atoms with van der Waals surface area (Å²) in [6.45, 7) is 0.284. The van der Waals surface area contributed by atoms with Gasteiger partial charge in [-0.25, -0.2) is 0 Å². The molecule has 0 bridgehead atoms. The van der Waals surface area contributed by atoms with Crippen molar-refractivity contribution < 1.29 is 0 Å². The molecule has 1 aromatic carbocycles. The standard InChI is InChI=1S/C17H19ClN2O/c18-14-8-5-12(6-9-14)16-10-7-13(11-19)17(21)20(16)15-3-1-2-4-15/h5-10,15H,1-4,11,19H2. The van der Waals surface area contributed by atoms with E-state index in [4.69, 9.17) is 17.3 Å². The van der Waals surface area contributed by atoms with Crippen LogP contribution in [0.25, 0.3) is 11.3 Å². The van der Waals surface area contributed by atoms with E-state index in [9.17, 15) is 4.79 Å². The number of hydrogen-bond donors (Lipinski definition) is 1. The molecule has 0 amide bonds. The molecule has 1 heterocycles. The van der Waals surface area contributed by atoms with Gasteiger partial charge >= 0.3 is 0 Å². The van der Waals surface area contributed by atoms with E-state index in [0.29, 0.717) is 10.6 Å². The summed E-state index contributed by atoms with van der Waals surface area (Å²) in [6.07, 6.45) is 4.50. The zero-order valence-electron chi connectivity index (χ0n) is 11.9. The van der Waals surface area contributed by atoms with Gasteiger partial charge < -0.3 is 10.3 Å². The fraction of sp³-hybridized carbons (Fsp3) is 0.353. The second-order valence-electron chi connectivity index (χ2n) is 5.57. The summed E-state index contributed by atoms with van der Waals surface area (Å²) in [5, 5.41) is 0.701. The monoisotopic (exact) mass is 302 g/mol. The van der Waals surface area contributed by atoms with E-state index < -0.39 is 0 Å². The first-order valence-corrected chi connectivity index (χ1v) is 7.79. The Hall–Kier alpha value is -1.58. The maximum atomic E-state index is 12.7. The lowest BCUT2D eigenvalue weighted by Crippen LogP contribution is -2.29. The van der Waals surface area contributed by atoms with Crippen molar-refractivity contribution in [2.75, 3.05) is 0 Å². The molecule has 1 aliphatic carbocycles. The highest BCUT2D eigenvalue weighted by atomic mass is 35.5. The summed E-state index contributed by atoms with van der Waals surface area (Å²) < 4.78 is 1.94. The average molecular weight is 303 g/mol. The van der Waals surface area contributed by atoms with Crippen LogP contribution in [0.3, 0.4) is 0 Å². The second kappa shape index (κ2) is 6.04. The van der Waals surface area contributed by atoms with E-state index in [1.54, 1.807) is 0 Å². The third-order valence-electron chi connectivity index (χ3n) is 4.25. The number of aromatic nitrogens is 1. The van der Waals surface area contributed by atoms with Crippen LogP contribution in [0.5, 0.6) is 0 Å². The minimum atomic E-state index is 0.0526. The smallest absolute Gasteiger partial charge is 0.255 e. The van der Waals surface area contributed by atoms with Gasteiger partial charge in [0, 0.05) is 23.2 Å². The molecule has 1 fully saturated rings. The summed E-state index contributed by atoms with van der Waals surface area (Å²) in [5.41, 5.74) is 8.41. The highest BCUT2D eigenvalue weighted by Gasteiger charge is 2.22. The molecular weight excluding hydrogens is 284 g/mol. The van der Waals surface area contributed by atoms with Crippen LogP contribution in [0.1, 0.15) is 37.3 Å². The van der Waals surface area contributed by atoms with Crippen LogP contribution in [-0.4, -0.2) is 4.57 Å². The molecule has 2 aromatic rings. The molecule has 4 heteroatoms. The zero-order valence-corrected chi connectivity index (χ0v) is 12.6. The highest BCUT2D eigenvalue weighted by Crippen LogP contribution is 2.32. The van der Waals surface area contributed by atoms with E-state index in [1.165, 1.54) is 12.8 Å². The molecule has 2 N–H and O–H groups in total. The Morgan fingerprint density at radius 1 is 1.10 bits per heavy atom. The Bertz CT molecular complexity index is 685. The van der Waals surface area contributed by atoms with E-state index >= 15 is 0 Å². The van der Waals surface area contributed by atoms with Gasteiger partial charge in [0.2, 0.25) is 0 Å². The first-order chi connectivity index (χ1) is 10.2. The molecule has 0 spiro atoms. The van der Waals surface area contributed by atoms with E-state index in [-0.39, 0.29) is 18.1 Å². The molecule has 1 aliphatic rings. The molecule has 110 valence electrons. The van der Waals surface area contributed by atoms with Crippen molar-refractivity contribution >= 4 is 11.6 Å². The van der Waals surface area contributed by atoms with Gasteiger partial charge in [-0.3, -0.25) is 4.79 Å². The van der Waals surface area contributed by atoms with Gasteiger partial charge in [-0.1, -0.05) is 42.6 Å². The number of hydrogen-bond acceptors (Lipinski definition) is 2. The van der Waals surface area contributed by atoms with E-state index in [1.807, 2.05) is 41.0 Å². The van der Waals surface area contributed by atoms with Gasteiger partial charge in [0.15, 0.2) is 0 Å². The maximum Gasteiger partial charge on any atom is 0.255 e. The molecular formula is C17H19ClN2O. The first kappa shape index (κ1) is 14.4. The third-order valence-corrected chi connectivity index (χ3v) is 4.50. The normalized spacial score (nSPS) is 15.5. The maximum absolute atomic E-state index is 12.7. The number of nitrogens with two attached hydrogens (primary N) is 1. The average Bonchev–Trinajstić information content (AvgIpc) is 3.01. The number of pyridine rings is 1. The summed E-state index contributed by atoms with van der Waals surface area (Å²) >= 11 is 5.96. The van der Waals surface area contributed by atoms with Gasteiger partial charge in [0.1, 0.15) is 0 Å². The van der Waals surface area contributed by atoms with Gasteiger partial charge in [-0.15, -0.1) is 0 Å². The topological polar surface area (TPSA) is 48.0 Å². The molecule has 0 aliphatic heterocycles. The van der Waals surface area contributed by atoms with Crippen LogP contribution in [-0.2, 0) is 6.54 Å². The molecule has 0 radical (unpaired) electrons. The largest absolute Gasteiger partial charge is 0.326 e. The van der Waals surface area contributed by atoms with Gasteiger partial charge in [0.05, 0.1) is 5.69 Å². The molecule has 0 saturated heterocycles. The van der Waals surface area contributed by atoms with Crippen molar-refractivity contribution in [3.05, 3.63) is 57.3 Å². The predicted octanol–water partition coefficient (Wildman–Crippen LogP) is 3.74. The minimum absolute atomic E-state index is 0.0526. The SMILES string of the molecule is NCc1ccc(-c2ccc(Cl)cc2)n(C2CCCC2)c1=O. The lowest BCUT2D eigenvalue weighted by molar-refractivity contribution is 0.504. The summed E-state index contributed by atoms with van der Waals surface area (Å²) in [4.78, 5) is 12.7. The van der Waals surface area contributed by atoms with Gasteiger partial charge in [-0.05, 0) is 36.6 Å². The Kier molecular flexibility index (Phi) is 4.13. The quantitative estimate of drug-likeness (QED) is 0.939. The second-order valence-corrected chi connectivity index (χ2v) is 6.00. The summed E-state index contributed by atoms with van der Waals surface area (Å²) in [7, 11) is 0. The Labute approximate surface area is 129 Å². The van der Waals surface area contributed by atoms with Crippen molar-refractivity contribution in [1.29, 1.82) is 0 Å². The fourth-order valence-electron chi connectivity index (χ4n) is 3.13. The lowest BCUT2D eigenvalue weighted by atomic mass is 10.1. The third kappa shape index (κ3) is 2.76. The van der Waals surface area contributed by atoms with E-state index in [0.717, 1.165) is 24.1 Å². The van der Waals surface area contributed by atoms with Crippen LogP contribution in [0, 0.1) is 0 Å². The van der Waals surface area contributed by atoms with Crippen LogP contribution in [0.4, 0.5) is 0 Å². The molecule has 3 rings (SSSR count). The molecule has 0 unspecified atom stereocenters. The number of nitrogens with zero attached hydrogens (tertiary/aromatic N) is 1. The first-order valence-electron chi connectivity index (χ1n) is 7.41. The fourth-order valence-corrected chi connectivity index (χ4v) is 3.26. The van der Waals surface area contributed by atoms with Crippen molar-refractivity contribution in [3.63, 3.8) is 0 Å². The molecule has 3 nitrogen and oxygen atoms in total. The number of rotatable bonds is 3. The predicted molar refractivity (Wildman–Crippen MR) is 86.5 cm³/mol. The van der Waals surface area contributed by atoms with Crippen molar-refractivity contribution in [2.24, 2.45) is 5.73 Å². The number of benzene rings is 1. The summed E-state index contributed by atoms with van der Waals surface area (Å²) in [6, 6.07) is 11.8. The molecule has 21 heavy (non-hydrogen) atoms. The van der Waals surface area contributed by atoms with Gasteiger partial charge in [0.25, 0.3) is 5.56 Å². The molecule has 1 saturated carbocycles. The molecule has 0 atom stereocenters. The van der Waals surface area contributed by atoms with Crippen LogP contribution in [0.15, 0.2) is 41.2 Å². The Morgan fingerprint density at radius 2 is 1.76 bits per heavy atom. The van der Waals surface area contributed by atoms with Gasteiger partial charge in [-0.2, -0.15) is 0 Å². The Morgan fingerprint density at radius 3 is 2.38 bits per heavy atom. The highest BCUT2D eigenvalue weighted by molar-refractivity contribution is 6.30. The van der Waals surface area contributed by atoms with Crippen molar-refractivity contribution in [3.8, 4) is 11.3 Å². The van der Waals surface area contributed by atoms with Crippen molar-refractivity contribution in [1.82, 2.24) is 4.57 Å². The van der Waals surface area contributed by atoms with Crippen LogP contribution < -0.4 is 11.3 Å². The van der Waals surface area contributed by atoms with E-state index in [2.05, 4.69) is 0 Å². The zero-order chi connectivity index (χ0) is 14.8. The Balaban J connectivity index is 2.17.